The first-order valence-corrected chi connectivity index (χ1v) is 15.4. The molecule has 1 unspecified atom stereocenters. The summed E-state index contributed by atoms with van der Waals surface area (Å²) in [5.74, 6) is 2.52. The lowest BCUT2D eigenvalue weighted by atomic mass is 10.1. The molecule has 0 aliphatic carbocycles. The molecule has 1 atom stereocenters. The number of fused-ring (bicyclic) bond motifs is 1. The fraction of sp³-hybridized carbons (Fsp3) is 0.179. The van der Waals surface area contributed by atoms with Crippen LogP contribution in [0.25, 0.3) is 22.2 Å². The molecule has 0 saturated heterocycles. The number of aryl methyl sites for hydroxylation is 1. The maximum Gasteiger partial charge on any atom is 0.120 e. The summed E-state index contributed by atoms with van der Waals surface area (Å²) in [6.45, 7) is 6.37. The lowest BCUT2D eigenvalue weighted by Crippen LogP contribution is -2.07. The number of nitrogens with zero attached hydrogens (tertiary/aromatic N) is 1. The number of alkyl halides is 1. The minimum absolute atomic E-state index is 0.0388. The van der Waals surface area contributed by atoms with Crippen molar-refractivity contribution in [3.8, 4) is 28.5 Å². The summed E-state index contributed by atoms with van der Waals surface area (Å²) in [5.41, 5.74) is 8.14. The second kappa shape index (κ2) is 13.7. The van der Waals surface area contributed by atoms with E-state index in [1.807, 2.05) is 55.5 Å². The van der Waals surface area contributed by atoms with E-state index in [2.05, 4.69) is 90.4 Å². The van der Waals surface area contributed by atoms with Gasteiger partial charge < -0.3 is 18.8 Å². The van der Waals surface area contributed by atoms with E-state index < -0.39 is 0 Å². The molecule has 0 fully saturated rings. The van der Waals surface area contributed by atoms with Crippen molar-refractivity contribution in [1.29, 1.82) is 0 Å². The first kappa shape index (κ1) is 29.4. The lowest BCUT2D eigenvalue weighted by Gasteiger charge is -2.14. The highest BCUT2D eigenvalue weighted by Gasteiger charge is 2.17. The third-order valence-electron chi connectivity index (χ3n) is 7.66. The smallest absolute Gasteiger partial charge is 0.120 e. The summed E-state index contributed by atoms with van der Waals surface area (Å²) in [7, 11) is 0. The van der Waals surface area contributed by atoms with Gasteiger partial charge in [-0.05, 0) is 96.3 Å². The fourth-order valence-corrected chi connectivity index (χ4v) is 5.47. The van der Waals surface area contributed by atoms with Crippen LogP contribution in [0.5, 0.6) is 17.2 Å². The van der Waals surface area contributed by atoms with E-state index in [1.165, 1.54) is 22.2 Å². The van der Waals surface area contributed by atoms with Gasteiger partial charge in [0, 0.05) is 17.4 Å². The molecule has 6 aromatic rings. The molecule has 0 spiro atoms. The lowest BCUT2D eigenvalue weighted by molar-refractivity contribution is 0.306. The summed E-state index contributed by atoms with van der Waals surface area (Å²) in [5, 5.41) is 1.13. The molecule has 0 saturated carbocycles. The largest absolute Gasteiger partial charge is 0.492 e. The van der Waals surface area contributed by atoms with Gasteiger partial charge in [0.05, 0.1) is 11.1 Å². The van der Waals surface area contributed by atoms with Crippen LogP contribution in [0.2, 0.25) is 0 Å². The van der Waals surface area contributed by atoms with Crippen molar-refractivity contribution >= 4 is 22.5 Å². The van der Waals surface area contributed by atoms with Crippen LogP contribution < -0.4 is 14.2 Å². The highest BCUT2D eigenvalue weighted by molar-refractivity contribution is 6.20. The van der Waals surface area contributed by atoms with Gasteiger partial charge in [-0.25, -0.2) is 0 Å². The zero-order valence-electron chi connectivity index (χ0n) is 25.1. The molecular formula is C39H36ClNO3. The number of halogens is 1. The van der Waals surface area contributed by atoms with E-state index in [1.54, 1.807) is 0 Å². The Kier molecular flexibility index (Phi) is 9.19. The number of benzene rings is 5. The summed E-state index contributed by atoms with van der Waals surface area (Å²) >= 11 is 6.07. The first-order chi connectivity index (χ1) is 21.5. The highest BCUT2D eigenvalue weighted by atomic mass is 35.5. The van der Waals surface area contributed by atoms with Crippen LogP contribution in [0.1, 0.15) is 29.2 Å². The Morgan fingerprint density at radius 2 is 1.16 bits per heavy atom. The van der Waals surface area contributed by atoms with Crippen molar-refractivity contribution in [2.75, 3.05) is 6.61 Å². The van der Waals surface area contributed by atoms with Gasteiger partial charge in [-0.1, -0.05) is 72.8 Å². The normalized spacial score (nSPS) is 11.8. The first-order valence-electron chi connectivity index (χ1n) is 15.0. The van der Waals surface area contributed by atoms with Crippen LogP contribution in [0.3, 0.4) is 0 Å². The van der Waals surface area contributed by atoms with E-state index in [-0.39, 0.29) is 5.38 Å². The highest BCUT2D eigenvalue weighted by Crippen LogP contribution is 2.37. The quantitative estimate of drug-likeness (QED) is 0.131. The topological polar surface area (TPSA) is 32.6 Å². The van der Waals surface area contributed by atoms with Gasteiger partial charge in [0.1, 0.15) is 37.1 Å². The average Bonchev–Trinajstić information content (AvgIpc) is 3.33. The van der Waals surface area contributed by atoms with Crippen molar-refractivity contribution in [3.05, 3.63) is 150 Å². The third-order valence-corrected chi connectivity index (χ3v) is 7.78. The Bertz CT molecular complexity index is 1800. The third kappa shape index (κ3) is 7.10. The SMILES string of the molecule is Cc1c(-c2ccc(OCc3ccccc3)cc2)n(Cc2ccc(OCC(C)Cl)cc2)c2ccc(OCc3ccccc3)cc12. The minimum atomic E-state index is -0.0388. The predicted octanol–water partition coefficient (Wildman–Crippen LogP) is 9.83. The van der Waals surface area contributed by atoms with Crippen LogP contribution in [0, 0.1) is 6.92 Å². The van der Waals surface area contributed by atoms with Gasteiger partial charge in [-0.15, -0.1) is 11.6 Å². The molecule has 5 aromatic carbocycles. The number of ether oxygens (including phenoxy) is 3. The Morgan fingerprint density at radius 1 is 0.614 bits per heavy atom. The van der Waals surface area contributed by atoms with Gasteiger partial charge in [0.2, 0.25) is 0 Å². The monoisotopic (exact) mass is 601 g/mol. The van der Waals surface area contributed by atoms with Crippen molar-refractivity contribution < 1.29 is 14.2 Å². The average molecular weight is 602 g/mol. The van der Waals surface area contributed by atoms with Gasteiger partial charge in [0.15, 0.2) is 0 Å². The van der Waals surface area contributed by atoms with Crippen LogP contribution in [-0.2, 0) is 19.8 Å². The predicted molar refractivity (Wildman–Crippen MR) is 180 cm³/mol. The van der Waals surface area contributed by atoms with E-state index in [9.17, 15) is 0 Å². The molecule has 0 bridgehead atoms. The van der Waals surface area contributed by atoms with Crippen LogP contribution in [0.15, 0.2) is 127 Å². The molecule has 0 N–H and O–H groups in total. The summed E-state index contributed by atoms with van der Waals surface area (Å²) in [6.07, 6.45) is 0. The Morgan fingerprint density at radius 3 is 1.77 bits per heavy atom. The van der Waals surface area contributed by atoms with Crippen molar-refractivity contribution in [2.24, 2.45) is 0 Å². The number of hydrogen-bond acceptors (Lipinski definition) is 3. The van der Waals surface area contributed by atoms with Crippen LogP contribution in [0.4, 0.5) is 0 Å². The molecule has 1 aromatic heterocycles. The molecule has 222 valence electrons. The van der Waals surface area contributed by atoms with E-state index in [0.29, 0.717) is 26.4 Å². The standard InChI is InChI=1S/C39H36ClNO3/c1-28(40)25-42-34-17-13-30(14-18-34)24-41-38-22-21-36(44-27-32-11-7-4-8-12-32)23-37(38)29(2)39(41)33-15-19-35(20-16-33)43-26-31-9-5-3-6-10-31/h3-23,28H,24-27H2,1-2H3. The van der Waals surface area contributed by atoms with Crippen molar-refractivity contribution in [2.45, 2.75) is 39.0 Å². The summed E-state index contributed by atoms with van der Waals surface area (Å²) in [6, 6.07) is 43.6. The maximum atomic E-state index is 6.21. The molecule has 0 radical (unpaired) electrons. The summed E-state index contributed by atoms with van der Waals surface area (Å²) in [4.78, 5) is 0. The fourth-order valence-electron chi connectivity index (χ4n) is 5.40. The molecule has 0 amide bonds. The zero-order valence-corrected chi connectivity index (χ0v) is 25.8. The number of hydrogen-bond donors (Lipinski definition) is 0. The Balaban J connectivity index is 1.31. The van der Waals surface area contributed by atoms with E-state index in [4.69, 9.17) is 25.8 Å². The van der Waals surface area contributed by atoms with Crippen molar-refractivity contribution in [1.82, 2.24) is 4.57 Å². The molecule has 0 aliphatic heterocycles. The second-order valence-electron chi connectivity index (χ2n) is 11.0. The Labute approximate surface area is 264 Å². The molecule has 44 heavy (non-hydrogen) atoms. The van der Waals surface area contributed by atoms with Gasteiger partial charge in [0.25, 0.3) is 0 Å². The second-order valence-corrected chi connectivity index (χ2v) is 11.8. The van der Waals surface area contributed by atoms with Gasteiger partial charge in [-0.3, -0.25) is 0 Å². The number of rotatable bonds is 12. The molecule has 0 aliphatic rings. The molecular weight excluding hydrogens is 566 g/mol. The molecule has 5 heteroatoms. The molecule has 4 nitrogen and oxygen atoms in total. The van der Waals surface area contributed by atoms with E-state index in [0.717, 1.165) is 39.5 Å². The van der Waals surface area contributed by atoms with E-state index >= 15 is 0 Å². The van der Waals surface area contributed by atoms with Gasteiger partial charge in [-0.2, -0.15) is 0 Å². The minimum Gasteiger partial charge on any atom is -0.492 e. The number of aromatic nitrogens is 1. The Hall–Kier alpha value is -4.67. The molecule has 1 heterocycles. The van der Waals surface area contributed by atoms with Crippen LogP contribution >= 0.6 is 11.6 Å². The maximum absolute atomic E-state index is 6.21. The van der Waals surface area contributed by atoms with Crippen LogP contribution in [-0.4, -0.2) is 16.6 Å². The summed E-state index contributed by atoms with van der Waals surface area (Å²) < 4.78 is 20.5. The molecule has 6 rings (SSSR count). The zero-order chi connectivity index (χ0) is 30.3. The van der Waals surface area contributed by atoms with Gasteiger partial charge >= 0.3 is 0 Å². The van der Waals surface area contributed by atoms with Crippen molar-refractivity contribution in [3.63, 3.8) is 0 Å².